The van der Waals surface area contributed by atoms with Gasteiger partial charge in [0.25, 0.3) is 0 Å². The molecule has 0 aromatic heterocycles. The summed E-state index contributed by atoms with van der Waals surface area (Å²) in [6.07, 6.45) is 4.64. The number of carbonyl (C=O) groups is 1. The molecular weight excluding hydrogens is 240 g/mol. The van der Waals surface area contributed by atoms with Gasteiger partial charge in [0.1, 0.15) is 0 Å². The highest BCUT2D eigenvalue weighted by atomic mass is 16.3. The van der Waals surface area contributed by atoms with Crippen LogP contribution in [0.3, 0.4) is 0 Å². The van der Waals surface area contributed by atoms with Crippen LogP contribution in [-0.4, -0.2) is 41.7 Å². The minimum Gasteiger partial charge on any atom is -0.395 e. The smallest absolute Gasteiger partial charge is 0.222 e. The molecule has 0 bridgehead atoms. The predicted molar refractivity (Wildman–Crippen MR) is 77.7 cm³/mol. The maximum atomic E-state index is 12.2. The molecule has 1 amide bonds. The number of aliphatic hydroxyl groups is 1. The molecule has 0 saturated heterocycles. The summed E-state index contributed by atoms with van der Waals surface area (Å²) in [5, 5.41) is 9.04. The van der Waals surface area contributed by atoms with Crippen LogP contribution in [0.4, 0.5) is 0 Å². The zero-order chi connectivity index (χ0) is 14.5. The van der Waals surface area contributed by atoms with Gasteiger partial charge < -0.3 is 15.7 Å². The van der Waals surface area contributed by atoms with Crippen molar-refractivity contribution in [1.29, 1.82) is 0 Å². The first kappa shape index (κ1) is 16.4. The van der Waals surface area contributed by atoms with Crippen LogP contribution in [0.2, 0.25) is 0 Å². The van der Waals surface area contributed by atoms with E-state index in [1.165, 1.54) is 0 Å². The summed E-state index contributed by atoms with van der Waals surface area (Å²) in [6.45, 7) is 7.87. The average Bonchev–Trinajstić information content (AvgIpc) is 3.13. The van der Waals surface area contributed by atoms with E-state index in [0.29, 0.717) is 31.5 Å². The van der Waals surface area contributed by atoms with Crippen LogP contribution in [0, 0.1) is 11.3 Å². The van der Waals surface area contributed by atoms with Crippen molar-refractivity contribution in [3.63, 3.8) is 0 Å². The van der Waals surface area contributed by atoms with Crippen molar-refractivity contribution in [3.05, 3.63) is 0 Å². The predicted octanol–water partition coefficient (Wildman–Crippen LogP) is 1.76. The number of hydrogen-bond donors (Lipinski definition) is 2. The van der Waals surface area contributed by atoms with E-state index in [9.17, 15) is 4.79 Å². The minimum absolute atomic E-state index is 0.0632. The van der Waals surface area contributed by atoms with Crippen molar-refractivity contribution < 1.29 is 9.90 Å². The summed E-state index contributed by atoms with van der Waals surface area (Å²) in [6, 6.07) is 0.391. The van der Waals surface area contributed by atoms with Crippen LogP contribution in [0.1, 0.15) is 52.9 Å². The van der Waals surface area contributed by atoms with E-state index in [1.54, 1.807) is 0 Å². The van der Waals surface area contributed by atoms with E-state index in [2.05, 4.69) is 20.8 Å². The van der Waals surface area contributed by atoms with E-state index < -0.39 is 0 Å². The summed E-state index contributed by atoms with van der Waals surface area (Å²) < 4.78 is 0. The molecule has 1 rings (SSSR count). The summed E-state index contributed by atoms with van der Waals surface area (Å²) in [5.74, 6) is 0.680. The van der Waals surface area contributed by atoms with Gasteiger partial charge in [-0.05, 0) is 43.6 Å². The minimum atomic E-state index is 0.0632. The number of carbonyl (C=O) groups excluding carboxylic acids is 1. The molecule has 1 saturated carbocycles. The van der Waals surface area contributed by atoms with Crippen LogP contribution >= 0.6 is 0 Å². The standard InChI is InChI=1S/C15H30N2O2/c1-15(2,3)12(8-9-16)4-7-14(19)17(10-11-18)13-5-6-13/h12-13,18H,4-11,16H2,1-3H3. The Morgan fingerprint density at radius 2 is 2.00 bits per heavy atom. The third-order valence-corrected chi connectivity index (χ3v) is 4.10. The van der Waals surface area contributed by atoms with E-state index >= 15 is 0 Å². The number of nitrogens with zero attached hydrogens (tertiary/aromatic N) is 1. The first-order valence-corrected chi connectivity index (χ1v) is 7.50. The molecule has 4 nitrogen and oxygen atoms in total. The Kier molecular flexibility index (Phi) is 6.27. The van der Waals surface area contributed by atoms with Gasteiger partial charge in [0.15, 0.2) is 0 Å². The quantitative estimate of drug-likeness (QED) is 0.706. The van der Waals surface area contributed by atoms with Gasteiger partial charge in [-0.15, -0.1) is 0 Å². The molecule has 0 aromatic carbocycles. The maximum absolute atomic E-state index is 12.2. The molecule has 1 aliphatic rings. The van der Waals surface area contributed by atoms with Crippen molar-refractivity contribution in [2.24, 2.45) is 17.1 Å². The summed E-state index contributed by atoms with van der Waals surface area (Å²) >= 11 is 0. The third kappa shape index (κ3) is 5.49. The highest BCUT2D eigenvalue weighted by Crippen LogP contribution is 2.33. The molecule has 19 heavy (non-hydrogen) atoms. The van der Waals surface area contributed by atoms with Gasteiger partial charge in [-0.1, -0.05) is 20.8 Å². The highest BCUT2D eigenvalue weighted by molar-refractivity contribution is 5.76. The Balaban J connectivity index is 2.45. The molecular formula is C15H30N2O2. The van der Waals surface area contributed by atoms with Crippen LogP contribution in [0.15, 0.2) is 0 Å². The highest BCUT2D eigenvalue weighted by Gasteiger charge is 2.32. The van der Waals surface area contributed by atoms with Gasteiger partial charge >= 0.3 is 0 Å². The Labute approximate surface area is 117 Å². The summed E-state index contributed by atoms with van der Waals surface area (Å²) in [7, 11) is 0. The lowest BCUT2D eigenvalue weighted by atomic mass is 9.76. The SMILES string of the molecule is CC(C)(C)C(CCN)CCC(=O)N(CCO)C1CC1. The van der Waals surface area contributed by atoms with Crippen LogP contribution in [-0.2, 0) is 4.79 Å². The second kappa shape index (κ2) is 7.25. The van der Waals surface area contributed by atoms with E-state index in [1.807, 2.05) is 4.90 Å². The lowest BCUT2D eigenvalue weighted by molar-refractivity contribution is -0.132. The monoisotopic (exact) mass is 270 g/mol. The van der Waals surface area contributed by atoms with Crippen molar-refractivity contribution in [3.8, 4) is 0 Å². The lowest BCUT2D eigenvalue weighted by Gasteiger charge is -2.31. The second-order valence-electron chi connectivity index (χ2n) is 6.72. The van der Waals surface area contributed by atoms with Gasteiger partial charge in [-0.25, -0.2) is 0 Å². The van der Waals surface area contributed by atoms with Gasteiger partial charge in [-0.2, -0.15) is 0 Å². The summed E-state index contributed by atoms with van der Waals surface area (Å²) in [5.41, 5.74) is 5.87. The van der Waals surface area contributed by atoms with E-state index in [0.717, 1.165) is 25.7 Å². The second-order valence-corrected chi connectivity index (χ2v) is 6.72. The molecule has 0 spiro atoms. The molecule has 1 atom stereocenters. The van der Waals surface area contributed by atoms with Crippen molar-refractivity contribution in [1.82, 2.24) is 4.90 Å². The Bertz CT molecular complexity index is 282. The Hall–Kier alpha value is -0.610. The fourth-order valence-corrected chi connectivity index (χ4v) is 2.66. The largest absolute Gasteiger partial charge is 0.395 e. The fourth-order valence-electron chi connectivity index (χ4n) is 2.66. The molecule has 1 fully saturated rings. The zero-order valence-electron chi connectivity index (χ0n) is 12.7. The van der Waals surface area contributed by atoms with Gasteiger partial charge in [0.05, 0.1) is 6.61 Å². The van der Waals surface area contributed by atoms with Gasteiger partial charge in [0.2, 0.25) is 5.91 Å². The van der Waals surface area contributed by atoms with Crippen LogP contribution in [0.25, 0.3) is 0 Å². The van der Waals surface area contributed by atoms with Crippen LogP contribution < -0.4 is 5.73 Å². The number of aliphatic hydroxyl groups excluding tert-OH is 1. The van der Waals surface area contributed by atoms with Crippen molar-refractivity contribution >= 4 is 5.91 Å². The number of hydrogen-bond acceptors (Lipinski definition) is 3. The Morgan fingerprint density at radius 3 is 2.42 bits per heavy atom. The Morgan fingerprint density at radius 1 is 1.37 bits per heavy atom. The number of amides is 1. The normalized spacial score (nSPS) is 17.3. The van der Waals surface area contributed by atoms with Crippen molar-refractivity contribution in [2.45, 2.75) is 58.9 Å². The molecule has 1 unspecified atom stereocenters. The molecule has 4 heteroatoms. The van der Waals surface area contributed by atoms with E-state index in [4.69, 9.17) is 10.8 Å². The molecule has 112 valence electrons. The third-order valence-electron chi connectivity index (χ3n) is 4.10. The van der Waals surface area contributed by atoms with Crippen LogP contribution in [0.5, 0.6) is 0 Å². The van der Waals surface area contributed by atoms with Gasteiger partial charge in [0, 0.05) is 19.0 Å². The lowest BCUT2D eigenvalue weighted by Crippen LogP contribution is -2.36. The molecule has 3 N–H and O–H groups in total. The summed E-state index contributed by atoms with van der Waals surface area (Å²) in [4.78, 5) is 14.1. The topological polar surface area (TPSA) is 66.6 Å². The van der Waals surface area contributed by atoms with E-state index in [-0.39, 0.29) is 17.9 Å². The fraction of sp³-hybridized carbons (Fsp3) is 0.933. The van der Waals surface area contributed by atoms with Gasteiger partial charge in [-0.3, -0.25) is 4.79 Å². The molecule has 0 aromatic rings. The molecule has 0 radical (unpaired) electrons. The number of nitrogens with two attached hydrogens (primary N) is 1. The van der Waals surface area contributed by atoms with Crippen molar-refractivity contribution in [2.75, 3.05) is 19.7 Å². The molecule has 1 aliphatic carbocycles. The first-order valence-electron chi connectivity index (χ1n) is 7.50. The molecule has 0 aliphatic heterocycles. The first-order chi connectivity index (χ1) is 8.90. The molecule has 0 heterocycles. The average molecular weight is 270 g/mol. The maximum Gasteiger partial charge on any atom is 0.222 e. The number of rotatable bonds is 8. The zero-order valence-corrected chi connectivity index (χ0v) is 12.7.